The smallest absolute Gasteiger partial charge is 0.335 e. The lowest BCUT2D eigenvalue weighted by Crippen LogP contribution is -2.05. The highest BCUT2D eigenvalue weighted by atomic mass is 16.6. The van der Waals surface area contributed by atoms with Crippen molar-refractivity contribution in [2.45, 2.75) is 6.29 Å². The molecule has 0 aromatic heterocycles. The van der Waals surface area contributed by atoms with Crippen LogP contribution in [0.5, 0.6) is 0 Å². The molecule has 0 bridgehead atoms. The number of aromatic carboxylic acids is 1. The lowest BCUT2D eigenvalue weighted by atomic mass is 10.1. The fourth-order valence-corrected chi connectivity index (χ4v) is 1.14. The number of non-ortho nitro benzene ring substituents is 1. The van der Waals surface area contributed by atoms with E-state index >= 15 is 0 Å². The molecule has 7 heteroatoms. The van der Waals surface area contributed by atoms with E-state index in [0.29, 0.717) is 0 Å². The van der Waals surface area contributed by atoms with E-state index in [4.69, 9.17) is 5.11 Å². The molecule has 86 valence electrons. The van der Waals surface area contributed by atoms with Gasteiger partial charge >= 0.3 is 5.97 Å². The number of nitro benzene ring substituents is 1. The summed E-state index contributed by atoms with van der Waals surface area (Å²) in [5.74, 6) is -1.31. The summed E-state index contributed by atoms with van der Waals surface area (Å²) in [5, 5.41) is 28.6. The Hall–Kier alpha value is -1.99. The zero-order valence-corrected chi connectivity index (χ0v) is 8.28. The van der Waals surface area contributed by atoms with Crippen LogP contribution in [-0.4, -0.2) is 28.2 Å². The Bertz CT molecular complexity index is 398. The summed E-state index contributed by atoms with van der Waals surface area (Å²) in [6.45, 7) is 0. The summed E-state index contributed by atoms with van der Waals surface area (Å²) >= 11 is 0. The van der Waals surface area contributed by atoms with Crippen LogP contribution in [0, 0.1) is 10.1 Å². The van der Waals surface area contributed by atoms with Gasteiger partial charge in [0.25, 0.3) is 5.69 Å². The number of aliphatic hydroxyl groups excluding tert-OH is 1. The SMILES string of the molecule is COC(O)c1cc(C(=O)O)cc([N+](=O)[O-])c1. The van der Waals surface area contributed by atoms with Gasteiger partial charge < -0.3 is 14.9 Å². The van der Waals surface area contributed by atoms with Crippen LogP contribution >= 0.6 is 0 Å². The molecule has 1 aromatic carbocycles. The maximum Gasteiger partial charge on any atom is 0.335 e. The van der Waals surface area contributed by atoms with Crippen LogP contribution in [-0.2, 0) is 4.74 Å². The molecular formula is C9H9NO6. The highest BCUT2D eigenvalue weighted by Gasteiger charge is 2.17. The number of carboxylic acid groups (broad SMARTS) is 1. The Morgan fingerprint density at radius 1 is 1.50 bits per heavy atom. The predicted molar refractivity (Wildman–Crippen MR) is 52.0 cm³/mol. The van der Waals surface area contributed by atoms with Crippen molar-refractivity contribution in [1.82, 2.24) is 0 Å². The van der Waals surface area contributed by atoms with E-state index < -0.39 is 22.9 Å². The minimum absolute atomic E-state index is 0.0223. The molecule has 0 saturated carbocycles. The number of ether oxygens (including phenoxy) is 1. The summed E-state index contributed by atoms with van der Waals surface area (Å²) in [6, 6.07) is 3.08. The number of nitrogens with zero attached hydrogens (tertiary/aromatic N) is 1. The Morgan fingerprint density at radius 2 is 2.12 bits per heavy atom. The second-order valence-electron chi connectivity index (χ2n) is 2.96. The van der Waals surface area contributed by atoms with Crippen LogP contribution in [0.1, 0.15) is 22.2 Å². The number of hydrogen-bond acceptors (Lipinski definition) is 5. The van der Waals surface area contributed by atoms with Gasteiger partial charge in [0.2, 0.25) is 0 Å². The van der Waals surface area contributed by atoms with Crippen LogP contribution < -0.4 is 0 Å². The highest BCUT2D eigenvalue weighted by molar-refractivity contribution is 5.88. The molecule has 1 atom stereocenters. The third-order valence-corrected chi connectivity index (χ3v) is 1.91. The molecule has 2 N–H and O–H groups in total. The number of carbonyl (C=O) groups is 1. The summed E-state index contributed by atoms with van der Waals surface area (Å²) < 4.78 is 4.55. The first-order valence-electron chi connectivity index (χ1n) is 4.19. The van der Waals surface area contributed by atoms with Crippen molar-refractivity contribution in [3.05, 3.63) is 39.4 Å². The molecule has 0 aliphatic carbocycles. The minimum atomic E-state index is -1.39. The van der Waals surface area contributed by atoms with Gasteiger partial charge in [0, 0.05) is 24.8 Å². The van der Waals surface area contributed by atoms with Gasteiger partial charge in [0.05, 0.1) is 10.5 Å². The molecule has 0 saturated heterocycles. The molecule has 7 nitrogen and oxygen atoms in total. The number of benzene rings is 1. The topological polar surface area (TPSA) is 110 Å². The monoisotopic (exact) mass is 227 g/mol. The summed E-state index contributed by atoms with van der Waals surface area (Å²) in [7, 11) is 1.20. The van der Waals surface area contributed by atoms with Crippen LogP contribution in [0.15, 0.2) is 18.2 Å². The van der Waals surface area contributed by atoms with Crippen molar-refractivity contribution in [1.29, 1.82) is 0 Å². The van der Waals surface area contributed by atoms with Gasteiger partial charge in [0.1, 0.15) is 0 Å². The predicted octanol–water partition coefficient (Wildman–Crippen LogP) is 0.930. The lowest BCUT2D eigenvalue weighted by molar-refractivity contribution is -0.385. The maximum atomic E-state index is 10.7. The van der Waals surface area contributed by atoms with Gasteiger partial charge in [0.15, 0.2) is 6.29 Å². The number of rotatable bonds is 4. The molecule has 1 rings (SSSR count). The van der Waals surface area contributed by atoms with E-state index in [1.54, 1.807) is 0 Å². The highest BCUT2D eigenvalue weighted by Crippen LogP contribution is 2.22. The average Bonchev–Trinajstić information content (AvgIpc) is 2.27. The second-order valence-corrected chi connectivity index (χ2v) is 2.96. The molecule has 0 radical (unpaired) electrons. The molecule has 0 fully saturated rings. The van der Waals surface area contributed by atoms with Crippen molar-refractivity contribution in [3.8, 4) is 0 Å². The fraction of sp³-hybridized carbons (Fsp3) is 0.222. The largest absolute Gasteiger partial charge is 0.478 e. The third-order valence-electron chi connectivity index (χ3n) is 1.91. The first-order valence-corrected chi connectivity index (χ1v) is 4.19. The van der Waals surface area contributed by atoms with Crippen molar-refractivity contribution < 1.29 is 24.7 Å². The van der Waals surface area contributed by atoms with Crippen molar-refractivity contribution in [3.63, 3.8) is 0 Å². The average molecular weight is 227 g/mol. The van der Waals surface area contributed by atoms with E-state index in [1.807, 2.05) is 0 Å². The molecule has 0 aliphatic heterocycles. The lowest BCUT2D eigenvalue weighted by Gasteiger charge is -2.09. The van der Waals surface area contributed by atoms with Crippen molar-refractivity contribution >= 4 is 11.7 Å². The number of methoxy groups -OCH3 is 1. The number of hydrogen-bond donors (Lipinski definition) is 2. The van der Waals surface area contributed by atoms with Crippen LogP contribution in [0.2, 0.25) is 0 Å². The van der Waals surface area contributed by atoms with E-state index in [1.165, 1.54) is 7.11 Å². The van der Waals surface area contributed by atoms with Crippen molar-refractivity contribution in [2.75, 3.05) is 7.11 Å². The first-order chi connectivity index (χ1) is 7.45. The quantitative estimate of drug-likeness (QED) is 0.449. The zero-order chi connectivity index (χ0) is 12.3. The summed E-state index contributed by atoms with van der Waals surface area (Å²) in [6.07, 6.45) is -1.39. The van der Waals surface area contributed by atoms with E-state index in [2.05, 4.69) is 4.74 Å². The molecule has 1 aromatic rings. The Kier molecular flexibility index (Phi) is 3.54. The fourth-order valence-electron chi connectivity index (χ4n) is 1.14. The molecule has 0 amide bonds. The van der Waals surface area contributed by atoms with Gasteiger partial charge in [-0.25, -0.2) is 4.79 Å². The summed E-state index contributed by atoms with van der Waals surface area (Å²) in [4.78, 5) is 20.5. The van der Waals surface area contributed by atoms with Gasteiger partial charge in [-0.1, -0.05) is 0 Å². The first kappa shape index (κ1) is 12.1. The number of carboxylic acids is 1. The summed E-state index contributed by atoms with van der Waals surface area (Å²) in [5.41, 5.74) is -0.666. The zero-order valence-electron chi connectivity index (χ0n) is 8.28. The van der Waals surface area contributed by atoms with Crippen LogP contribution in [0.25, 0.3) is 0 Å². The van der Waals surface area contributed by atoms with Crippen molar-refractivity contribution in [2.24, 2.45) is 0 Å². The maximum absolute atomic E-state index is 10.7. The Morgan fingerprint density at radius 3 is 2.56 bits per heavy atom. The number of nitro groups is 1. The minimum Gasteiger partial charge on any atom is -0.478 e. The standard InChI is InChI=1S/C9H9NO6/c1-16-9(13)6-2-5(8(11)12)3-7(4-6)10(14)15/h2-4,9,13H,1H3,(H,11,12). The van der Waals surface area contributed by atoms with Gasteiger partial charge in [-0.2, -0.15) is 0 Å². The molecule has 1 unspecified atom stereocenters. The molecule has 0 heterocycles. The Labute approximate surface area is 90.0 Å². The van der Waals surface area contributed by atoms with Gasteiger partial charge in [-0.3, -0.25) is 10.1 Å². The van der Waals surface area contributed by atoms with Crippen LogP contribution in [0.4, 0.5) is 5.69 Å². The molecule has 0 aliphatic rings. The Balaban J connectivity index is 3.29. The van der Waals surface area contributed by atoms with Gasteiger partial charge in [-0.05, 0) is 6.07 Å². The van der Waals surface area contributed by atoms with E-state index in [-0.39, 0.29) is 11.1 Å². The van der Waals surface area contributed by atoms with E-state index in [9.17, 15) is 20.0 Å². The van der Waals surface area contributed by atoms with Gasteiger partial charge in [-0.15, -0.1) is 0 Å². The van der Waals surface area contributed by atoms with Crippen LogP contribution in [0.3, 0.4) is 0 Å². The second kappa shape index (κ2) is 4.69. The number of aliphatic hydroxyl groups is 1. The molecular weight excluding hydrogens is 218 g/mol. The molecule has 0 spiro atoms. The normalized spacial score (nSPS) is 12.1. The van der Waals surface area contributed by atoms with E-state index in [0.717, 1.165) is 18.2 Å². The third kappa shape index (κ3) is 2.53. The molecule has 16 heavy (non-hydrogen) atoms.